The maximum absolute atomic E-state index is 12.7. The minimum Gasteiger partial charge on any atom is -0.465 e. The standard InChI is InChI=1S/C18H20FN3O4S/c19-9-13-11-27-16(20-13)14-3-1-2-4-15(14)21-17(23)26-10-12-5-7-22(8-6-12)18(24)25/h1-4,11-12H,5-10H2,(H,21,23)(H,24,25). The van der Waals surface area contributed by atoms with Crippen LogP contribution in [0.4, 0.5) is 19.7 Å². The average Bonchev–Trinajstić information content (AvgIpc) is 3.16. The molecular weight excluding hydrogens is 373 g/mol. The van der Waals surface area contributed by atoms with Gasteiger partial charge in [0.15, 0.2) is 0 Å². The fourth-order valence-electron chi connectivity index (χ4n) is 2.90. The lowest BCUT2D eigenvalue weighted by Gasteiger charge is -2.29. The minimum atomic E-state index is -0.915. The number of nitrogens with one attached hydrogen (secondary N) is 1. The topological polar surface area (TPSA) is 91.8 Å². The van der Waals surface area contributed by atoms with E-state index >= 15 is 0 Å². The van der Waals surface area contributed by atoms with E-state index in [0.29, 0.717) is 47.9 Å². The second-order valence-corrected chi connectivity index (χ2v) is 7.12. The van der Waals surface area contributed by atoms with Gasteiger partial charge in [-0.05, 0) is 30.9 Å². The molecule has 1 aromatic carbocycles. The molecule has 2 heterocycles. The number of anilines is 1. The van der Waals surface area contributed by atoms with Crippen molar-refractivity contribution in [3.8, 4) is 10.6 Å². The zero-order chi connectivity index (χ0) is 19.2. The quantitative estimate of drug-likeness (QED) is 0.794. The summed E-state index contributed by atoms with van der Waals surface area (Å²) in [7, 11) is 0. The maximum atomic E-state index is 12.7. The molecule has 1 aliphatic heterocycles. The van der Waals surface area contributed by atoms with Crippen LogP contribution in [0.25, 0.3) is 10.6 Å². The third-order valence-corrected chi connectivity index (χ3v) is 5.34. The molecule has 9 heteroatoms. The van der Waals surface area contributed by atoms with E-state index in [1.54, 1.807) is 23.6 Å². The number of carbonyl (C=O) groups excluding carboxylic acids is 1. The second-order valence-electron chi connectivity index (χ2n) is 6.26. The van der Waals surface area contributed by atoms with Crippen LogP contribution in [0.5, 0.6) is 0 Å². The number of benzene rings is 1. The van der Waals surface area contributed by atoms with Gasteiger partial charge in [0.1, 0.15) is 11.7 Å². The van der Waals surface area contributed by atoms with Crippen LogP contribution in [-0.4, -0.2) is 46.9 Å². The number of hydrogen-bond acceptors (Lipinski definition) is 5. The molecule has 7 nitrogen and oxygen atoms in total. The molecule has 3 rings (SSSR count). The molecule has 2 aromatic rings. The number of thiazole rings is 1. The van der Waals surface area contributed by atoms with E-state index in [2.05, 4.69) is 10.3 Å². The number of rotatable bonds is 5. The number of carbonyl (C=O) groups is 2. The zero-order valence-electron chi connectivity index (χ0n) is 14.6. The lowest BCUT2D eigenvalue weighted by atomic mass is 9.98. The summed E-state index contributed by atoms with van der Waals surface area (Å²) in [5.74, 6) is 0.146. The van der Waals surface area contributed by atoms with E-state index in [1.807, 2.05) is 6.07 Å². The van der Waals surface area contributed by atoms with Gasteiger partial charge < -0.3 is 14.7 Å². The first kappa shape index (κ1) is 19.1. The highest BCUT2D eigenvalue weighted by molar-refractivity contribution is 7.13. The molecule has 1 saturated heterocycles. The van der Waals surface area contributed by atoms with Crippen molar-refractivity contribution in [2.75, 3.05) is 25.0 Å². The van der Waals surface area contributed by atoms with Gasteiger partial charge in [0.25, 0.3) is 0 Å². The molecule has 27 heavy (non-hydrogen) atoms. The fraction of sp³-hybridized carbons (Fsp3) is 0.389. The highest BCUT2D eigenvalue weighted by Crippen LogP contribution is 2.31. The molecule has 0 atom stereocenters. The van der Waals surface area contributed by atoms with Crippen molar-refractivity contribution in [1.29, 1.82) is 0 Å². The van der Waals surface area contributed by atoms with E-state index in [-0.39, 0.29) is 12.5 Å². The van der Waals surface area contributed by atoms with Crippen molar-refractivity contribution in [3.05, 3.63) is 35.3 Å². The molecule has 144 valence electrons. The Labute approximate surface area is 159 Å². The molecule has 0 unspecified atom stereocenters. The molecule has 2 amide bonds. The van der Waals surface area contributed by atoms with Gasteiger partial charge in [-0.15, -0.1) is 11.3 Å². The Hall–Kier alpha value is -2.68. The summed E-state index contributed by atoms with van der Waals surface area (Å²) < 4.78 is 18.0. The van der Waals surface area contributed by atoms with E-state index in [4.69, 9.17) is 9.84 Å². The number of nitrogens with zero attached hydrogens (tertiary/aromatic N) is 2. The van der Waals surface area contributed by atoms with Gasteiger partial charge in [0.05, 0.1) is 18.0 Å². The first-order valence-electron chi connectivity index (χ1n) is 8.58. The predicted molar refractivity (Wildman–Crippen MR) is 99.7 cm³/mol. The minimum absolute atomic E-state index is 0.146. The summed E-state index contributed by atoms with van der Waals surface area (Å²) in [6.07, 6.45) is -0.157. The van der Waals surface area contributed by atoms with Crippen molar-refractivity contribution in [2.24, 2.45) is 5.92 Å². The Morgan fingerprint density at radius 2 is 2.07 bits per heavy atom. The molecule has 0 saturated carbocycles. The molecule has 0 radical (unpaired) electrons. The number of likely N-dealkylation sites (tertiary alicyclic amines) is 1. The smallest absolute Gasteiger partial charge is 0.411 e. The Morgan fingerprint density at radius 3 is 2.74 bits per heavy atom. The summed E-state index contributed by atoms with van der Waals surface area (Å²) in [4.78, 5) is 28.6. The van der Waals surface area contributed by atoms with Crippen LogP contribution < -0.4 is 5.32 Å². The van der Waals surface area contributed by atoms with Crippen molar-refractivity contribution in [1.82, 2.24) is 9.88 Å². The lowest BCUT2D eigenvalue weighted by molar-refractivity contribution is 0.0948. The van der Waals surface area contributed by atoms with Gasteiger partial charge in [-0.25, -0.2) is 19.0 Å². The predicted octanol–water partition coefficient (Wildman–Crippen LogP) is 4.22. The molecule has 0 aliphatic carbocycles. The number of hydrogen-bond donors (Lipinski definition) is 2. The number of carboxylic acid groups (broad SMARTS) is 1. The number of ether oxygens (including phenoxy) is 1. The third-order valence-electron chi connectivity index (χ3n) is 4.42. The fourth-order valence-corrected chi connectivity index (χ4v) is 3.74. The van der Waals surface area contributed by atoms with Crippen LogP contribution in [0.1, 0.15) is 18.5 Å². The number of aromatic nitrogens is 1. The second kappa shape index (κ2) is 8.81. The molecule has 0 spiro atoms. The maximum Gasteiger partial charge on any atom is 0.411 e. The third kappa shape index (κ3) is 4.94. The van der Waals surface area contributed by atoms with Crippen LogP contribution in [-0.2, 0) is 11.4 Å². The number of para-hydroxylation sites is 1. The lowest BCUT2D eigenvalue weighted by Crippen LogP contribution is -2.38. The normalized spacial score (nSPS) is 14.8. The average molecular weight is 393 g/mol. The first-order chi connectivity index (χ1) is 13.1. The van der Waals surface area contributed by atoms with Crippen LogP contribution in [0.2, 0.25) is 0 Å². The van der Waals surface area contributed by atoms with Crippen LogP contribution >= 0.6 is 11.3 Å². The summed E-state index contributed by atoms with van der Waals surface area (Å²) in [6, 6.07) is 7.14. The monoisotopic (exact) mass is 393 g/mol. The Bertz CT molecular complexity index is 805. The number of piperidine rings is 1. The zero-order valence-corrected chi connectivity index (χ0v) is 15.4. The van der Waals surface area contributed by atoms with Crippen molar-refractivity contribution < 1.29 is 23.8 Å². The molecular formula is C18H20FN3O4S. The number of halogens is 1. The Morgan fingerprint density at radius 1 is 1.33 bits per heavy atom. The van der Waals surface area contributed by atoms with Crippen LogP contribution in [0.15, 0.2) is 29.6 Å². The van der Waals surface area contributed by atoms with Gasteiger partial charge in [0, 0.05) is 24.0 Å². The van der Waals surface area contributed by atoms with Gasteiger partial charge in [0.2, 0.25) is 0 Å². The summed E-state index contributed by atoms with van der Waals surface area (Å²) in [6.45, 7) is 0.517. The van der Waals surface area contributed by atoms with Crippen molar-refractivity contribution in [3.63, 3.8) is 0 Å². The van der Waals surface area contributed by atoms with Crippen molar-refractivity contribution >= 4 is 29.2 Å². The SMILES string of the molecule is O=C(Nc1ccccc1-c1nc(CF)cs1)OCC1CCN(C(=O)O)CC1. The molecule has 0 bridgehead atoms. The van der Waals surface area contributed by atoms with Gasteiger partial charge >= 0.3 is 12.2 Å². The van der Waals surface area contributed by atoms with Gasteiger partial charge in [-0.3, -0.25) is 5.32 Å². The number of alkyl halides is 1. The molecule has 1 fully saturated rings. The highest BCUT2D eigenvalue weighted by Gasteiger charge is 2.23. The molecule has 1 aliphatic rings. The molecule has 2 N–H and O–H groups in total. The van der Waals surface area contributed by atoms with E-state index < -0.39 is 18.9 Å². The van der Waals surface area contributed by atoms with Crippen LogP contribution in [0.3, 0.4) is 0 Å². The summed E-state index contributed by atoms with van der Waals surface area (Å²) in [5, 5.41) is 13.9. The summed E-state index contributed by atoms with van der Waals surface area (Å²) in [5.41, 5.74) is 1.61. The largest absolute Gasteiger partial charge is 0.465 e. The van der Waals surface area contributed by atoms with E-state index in [9.17, 15) is 14.0 Å². The number of amides is 2. The summed E-state index contributed by atoms with van der Waals surface area (Å²) >= 11 is 1.31. The van der Waals surface area contributed by atoms with Gasteiger partial charge in [-0.1, -0.05) is 12.1 Å². The highest BCUT2D eigenvalue weighted by atomic mass is 32.1. The molecule has 1 aromatic heterocycles. The van der Waals surface area contributed by atoms with E-state index in [0.717, 1.165) is 0 Å². The Balaban J connectivity index is 1.55. The Kier molecular flexibility index (Phi) is 6.23. The first-order valence-corrected chi connectivity index (χ1v) is 9.46. The van der Waals surface area contributed by atoms with E-state index in [1.165, 1.54) is 16.2 Å². The van der Waals surface area contributed by atoms with Gasteiger partial charge in [-0.2, -0.15) is 0 Å². The van der Waals surface area contributed by atoms with Crippen LogP contribution in [0, 0.1) is 5.92 Å². The van der Waals surface area contributed by atoms with Crippen molar-refractivity contribution in [2.45, 2.75) is 19.5 Å².